The van der Waals surface area contributed by atoms with Crippen molar-refractivity contribution in [2.45, 2.75) is 83.2 Å². The summed E-state index contributed by atoms with van der Waals surface area (Å²) in [5.41, 5.74) is 3.01. The summed E-state index contributed by atoms with van der Waals surface area (Å²) in [6.07, 6.45) is 7.97. The molecule has 4 rings (SSSR count). The van der Waals surface area contributed by atoms with Gasteiger partial charge < -0.3 is 4.74 Å². The summed E-state index contributed by atoms with van der Waals surface area (Å²) in [6.45, 7) is 5.53. The minimum Gasteiger partial charge on any atom is -0.490 e. The van der Waals surface area contributed by atoms with Gasteiger partial charge in [0.2, 0.25) is 0 Å². The quantitative estimate of drug-likeness (QED) is 0.530. The van der Waals surface area contributed by atoms with Crippen molar-refractivity contribution >= 4 is 5.78 Å². The first kappa shape index (κ1) is 20.1. The van der Waals surface area contributed by atoms with E-state index in [1.807, 2.05) is 32.0 Å². The number of ketones is 1. The zero-order valence-electron chi connectivity index (χ0n) is 17.8. The zero-order valence-corrected chi connectivity index (χ0v) is 17.8. The van der Waals surface area contributed by atoms with Gasteiger partial charge in [0.25, 0.3) is 0 Å². The van der Waals surface area contributed by atoms with Crippen LogP contribution in [-0.2, 0) is 10.2 Å². The van der Waals surface area contributed by atoms with Gasteiger partial charge in [-0.15, -0.1) is 0 Å². The van der Waals surface area contributed by atoms with Gasteiger partial charge in [0.05, 0.1) is 6.10 Å². The topological polar surface area (TPSA) is 26.3 Å². The second-order valence-corrected chi connectivity index (χ2v) is 9.25. The third-order valence-corrected chi connectivity index (χ3v) is 7.03. The van der Waals surface area contributed by atoms with Crippen molar-refractivity contribution in [1.29, 1.82) is 0 Å². The van der Waals surface area contributed by atoms with Crippen LogP contribution < -0.4 is 4.74 Å². The van der Waals surface area contributed by atoms with Gasteiger partial charge in [-0.1, -0.05) is 24.6 Å². The Kier molecular flexibility index (Phi) is 5.50. The van der Waals surface area contributed by atoms with Crippen molar-refractivity contribution < 1.29 is 13.9 Å². The van der Waals surface area contributed by atoms with Crippen molar-refractivity contribution in [3.05, 3.63) is 53.3 Å². The molecule has 2 aliphatic carbocycles. The van der Waals surface area contributed by atoms with E-state index in [-0.39, 0.29) is 23.6 Å². The summed E-state index contributed by atoms with van der Waals surface area (Å²) in [7, 11) is 0. The average Bonchev–Trinajstić information content (AvgIpc) is 3.15. The molecule has 2 aromatic carbocycles. The molecule has 0 saturated heterocycles. The van der Waals surface area contributed by atoms with E-state index < -0.39 is 5.41 Å². The maximum absolute atomic E-state index is 14.9. The average molecular weight is 395 g/mol. The van der Waals surface area contributed by atoms with Crippen molar-refractivity contribution in [3.63, 3.8) is 0 Å². The Morgan fingerprint density at radius 1 is 1.00 bits per heavy atom. The van der Waals surface area contributed by atoms with Crippen LogP contribution in [0.15, 0.2) is 36.4 Å². The number of Topliss-reactive ketones (excluding diaryl/α,β-unsaturated/α-hetero) is 1. The molecule has 29 heavy (non-hydrogen) atoms. The first-order chi connectivity index (χ1) is 13.9. The molecule has 2 saturated carbocycles. The van der Waals surface area contributed by atoms with Gasteiger partial charge in [-0.05, 0) is 100 Å². The number of hydrogen-bond acceptors (Lipinski definition) is 2. The van der Waals surface area contributed by atoms with Gasteiger partial charge >= 0.3 is 0 Å². The highest BCUT2D eigenvalue weighted by atomic mass is 19.1. The van der Waals surface area contributed by atoms with Crippen molar-refractivity contribution in [2.24, 2.45) is 0 Å². The molecule has 3 heteroatoms. The van der Waals surface area contributed by atoms with Crippen LogP contribution >= 0.6 is 0 Å². The van der Waals surface area contributed by atoms with Crippen LogP contribution in [0.2, 0.25) is 0 Å². The van der Waals surface area contributed by atoms with Gasteiger partial charge in [0.15, 0.2) is 0 Å². The SMILES string of the molecule is CC(=O)C(C)(C)c1ccc(OC2CCCC2)c(-c2cccc(F)c2C2CCC2)c1. The Balaban J connectivity index is 1.85. The van der Waals surface area contributed by atoms with Gasteiger partial charge in [-0.3, -0.25) is 4.79 Å². The third-order valence-electron chi connectivity index (χ3n) is 7.03. The summed E-state index contributed by atoms with van der Waals surface area (Å²) in [5.74, 6) is 1.07. The van der Waals surface area contributed by atoms with Crippen LogP contribution in [-0.4, -0.2) is 11.9 Å². The van der Waals surface area contributed by atoms with Gasteiger partial charge in [0.1, 0.15) is 17.3 Å². The number of carbonyl (C=O) groups is 1. The minimum absolute atomic E-state index is 0.117. The first-order valence-corrected chi connectivity index (χ1v) is 11.0. The van der Waals surface area contributed by atoms with E-state index in [4.69, 9.17) is 4.74 Å². The molecule has 0 atom stereocenters. The van der Waals surface area contributed by atoms with E-state index >= 15 is 0 Å². The van der Waals surface area contributed by atoms with Gasteiger partial charge in [-0.2, -0.15) is 0 Å². The second-order valence-electron chi connectivity index (χ2n) is 9.25. The van der Waals surface area contributed by atoms with Crippen LogP contribution in [0.4, 0.5) is 4.39 Å². The van der Waals surface area contributed by atoms with E-state index in [0.717, 1.165) is 60.1 Å². The summed E-state index contributed by atoms with van der Waals surface area (Å²) < 4.78 is 21.3. The normalized spacial score (nSPS) is 17.9. The van der Waals surface area contributed by atoms with Crippen LogP contribution in [0.5, 0.6) is 5.75 Å². The summed E-state index contributed by atoms with van der Waals surface area (Å²) in [4.78, 5) is 12.3. The molecule has 0 aliphatic heterocycles. The molecule has 154 valence electrons. The monoisotopic (exact) mass is 394 g/mol. The van der Waals surface area contributed by atoms with E-state index in [9.17, 15) is 9.18 Å². The molecule has 2 aromatic rings. The van der Waals surface area contributed by atoms with Gasteiger partial charge in [-0.25, -0.2) is 4.39 Å². The highest BCUT2D eigenvalue weighted by Crippen LogP contribution is 2.45. The molecule has 0 amide bonds. The molecule has 0 heterocycles. The number of rotatable bonds is 6. The van der Waals surface area contributed by atoms with Crippen molar-refractivity contribution in [2.75, 3.05) is 0 Å². The first-order valence-electron chi connectivity index (χ1n) is 11.0. The summed E-state index contributed by atoms with van der Waals surface area (Å²) >= 11 is 0. The number of carbonyl (C=O) groups excluding carboxylic acids is 1. The van der Waals surface area contributed by atoms with Crippen LogP contribution in [0.3, 0.4) is 0 Å². The van der Waals surface area contributed by atoms with E-state index in [1.54, 1.807) is 19.1 Å². The molecule has 0 bridgehead atoms. The molecule has 2 fully saturated rings. The lowest BCUT2D eigenvalue weighted by Gasteiger charge is -2.30. The second kappa shape index (κ2) is 7.93. The Morgan fingerprint density at radius 3 is 2.34 bits per heavy atom. The zero-order chi connectivity index (χ0) is 20.6. The fraction of sp³-hybridized carbons (Fsp3) is 0.500. The van der Waals surface area contributed by atoms with Crippen LogP contribution in [0.25, 0.3) is 11.1 Å². The molecular formula is C26H31FO2. The van der Waals surface area contributed by atoms with Crippen molar-refractivity contribution in [3.8, 4) is 16.9 Å². The molecule has 2 nitrogen and oxygen atoms in total. The number of ether oxygens (including phenoxy) is 1. The number of benzene rings is 2. The lowest BCUT2D eigenvalue weighted by molar-refractivity contribution is -0.121. The van der Waals surface area contributed by atoms with E-state index in [2.05, 4.69) is 6.07 Å². The molecule has 0 unspecified atom stereocenters. The molecule has 0 aromatic heterocycles. The Labute approximate surface area is 173 Å². The Bertz CT molecular complexity index is 905. The van der Waals surface area contributed by atoms with E-state index in [0.29, 0.717) is 0 Å². The fourth-order valence-electron chi connectivity index (χ4n) is 4.50. The summed E-state index contributed by atoms with van der Waals surface area (Å²) in [6, 6.07) is 11.4. The smallest absolute Gasteiger partial charge is 0.139 e. The highest BCUT2D eigenvalue weighted by molar-refractivity contribution is 5.88. The molecule has 0 radical (unpaired) electrons. The maximum atomic E-state index is 14.9. The minimum atomic E-state index is -0.593. The highest BCUT2D eigenvalue weighted by Gasteiger charge is 2.30. The number of hydrogen-bond donors (Lipinski definition) is 0. The lowest BCUT2D eigenvalue weighted by atomic mass is 9.75. The molecule has 2 aliphatic rings. The summed E-state index contributed by atoms with van der Waals surface area (Å²) in [5, 5.41) is 0. The maximum Gasteiger partial charge on any atom is 0.139 e. The fourth-order valence-corrected chi connectivity index (χ4v) is 4.50. The molecular weight excluding hydrogens is 363 g/mol. The number of halogens is 1. The van der Waals surface area contributed by atoms with E-state index in [1.165, 1.54) is 12.8 Å². The molecule has 0 spiro atoms. The Morgan fingerprint density at radius 2 is 1.72 bits per heavy atom. The predicted octanol–water partition coefficient (Wildman–Crippen LogP) is 6.95. The van der Waals surface area contributed by atoms with Gasteiger partial charge in [0, 0.05) is 11.0 Å². The lowest BCUT2D eigenvalue weighted by Crippen LogP contribution is -2.26. The standard InChI is InChI=1S/C26H31FO2/c1-17(28)26(2,3)19-14-15-24(29-20-10-4-5-11-20)22(16-19)21-12-7-13-23(27)25(21)18-8-6-9-18/h7,12-16,18,20H,4-6,8-11H2,1-3H3. The van der Waals surface area contributed by atoms with Crippen molar-refractivity contribution in [1.82, 2.24) is 0 Å². The Hall–Kier alpha value is -2.16. The predicted molar refractivity (Wildman–Crippen MR) is 115 cm³/mol. The third kappa shape index (κ3) is 3.84. The molecule has 0 N–H and O–H groups in total. The van der Waals surface area contributed by atoms with Crippen LogP contribution in [0, 0.1) is 5.82 Å². The largest absolute Gasteiger partial charge is 0.490 e. The van der Waals surface area contributed by atoms with Crippen LogP contribution in [0.1, 0.15) is 82.8 Å².